The summed E-state index contributed by atoms with van der Waals surface area (Å²) < 4.78 is 5.10. The number of halogens is 1. The van der Waals surface area contributed by atoms with Gasteiger partial charge in [0.15, 0.2) is 0 Å². The van der Waals surface area contributed by atoms with Gasteiger partial charge in [-0.2, -0.15) is 0 Å². The fourth-order valence-electron chi connectivity index (χ4n) is 2.74. The molecule has 1 aliphatic carbocycles. The van der Waals surface area contributed by atoms with Crippen molar-refractivity contribution in [1.82, 2.24) is 0 Å². The largest absolute Gasteiger partial charge is 0.360 e. The Morgan fingerprint density at radius 2 is 1.86 bits per heavy atom. The zero-order chi connectivity index (χ0) is 10.6. The lowest BCUT2D eigenvalue weighted by Crippen LogP contribution is -2.40. The lowest BCUT2D eigenvalue weighted by molar-refractivity contribution is -0.159. The lowest BCUT2D eigenvalue weighted by Gasteiger charge is -2.38. The predicted octanol–water partition coefficient (Wildman–Crippen LogP) is 3.46. The topological polar surface area (TPSA) is 29.5 Å². The van der Waals surface area contributed by atoms with Crippen molar-refractivity contribution in [3.05, 3.63) is 0 Å². The average molecular weight is 312 g/mol. The monoisotopic (exact) mass is 312 g/mol. The summed E-state index contributed by atoms with van der Waals surface area (Å²) in [7, 11) is 0. The molecule has 0 aromatic rings. The van der Waals surface area contributed by atoms with E-state index < -0.39 is 4.30 Å². The minimum Gasteiger partial charge on any atom is -0.360 e. The molecule has 0 unspecified atom stereocenters. The molecule has 0 aromatic heterocycles. The summed E-state index contributed by atoms with van der Waals surface area (Å²) in [5.41, 5.74) is -0.0723. The highest BCUT2D eigenvalue weighted by atomic mass is 127. The van der Waals surface area contributed by atoms with Gasteiger partial charge in [0.2, 0.25) is 4.30 Å². The van der Waals surface area contributed by atoms with Crippen LogP contribution in [0.25, 0.3) is 0 Å². The second kappa shape index (κ2) is 5.66. The van der Waals surface area contributed by atoms with Gasteiger partial charge >= 0.3 is 0 Å². The molecule has 1 saturated carbocycles. The first-order valence-corrected chi connectivity index (χ1v) is 6.89. The Hall–Kier alpha value is 0.650. The van der Waals surface area contributed by atoms with Gasteiger partial charge < -0.3 is 9.84 Å². The van der Waals surface area contributed by atoms with Crippen molar-refractivity contribution in [2.24, 2.45) is 5.92 Å². The van der Waals surface area contributed by atoms with Crippen molar-refractivity contribution in [2.45, 2.75) is 62.3 Å². The van der Waals surface area contributed by atoms with Gasteiger partial charge in [-0.25, -0.2) is 0 Å². The van der Waals surface area contributed by atoms with Crippen molar-refractivity contribution < 1.29 is 9.84 Å². The van der Waals surface area contributed by atoms with E-state index in [4.69, 9.17) is 4.74 Å². The molecule has 1 aliphatic rings. The Balaban J connectivity index is 2.67. The number of hydrogen-bond donors (Lipinski definition) is 1. The Morgan fingerprint density at radius 3 is 2.21 bits per heavy atom. The number of aliphatic hydroxyl groups is 1. The zero-order valence-corrected chi connectivity index (χ0v) is 11.3. The van der Waals surface area contributed by atoms with Crippen LogP contribution in [-0.4, -0.2) is 15.0 Å². The van der Waals surface area contributed by atoms with Crippen LogP contribution >= 0.6 is 22.6 Å². The van der Waals surface area contributed by atoms with Gasteiger partial charge in [-0.3, -0.25) is 0 Å². The molecule has 1 rings (SSSR count). The number of rotatable bonds is 5. The first kappa shape index (κ1) is 12.7. The molecule has 84 valence electrons. The molecule has 14 heavy (non-hydrogen) atoms. The lowest BCUT2D eigenvalue weighted by atomic mass is 9.81. The Kier molecular flexibility index (Phi) is 5.14. The SMILES string of the molecule is CCC(CC)(O[C@H](O)I)C1CCCC1. The van der Waals surface area contributed by atoms with Crippen LogP contribution in [-0.2, 0) is 4.74 Å². The molecule has 0 aromatic carbocycles. The van der Waals surface area contributed by atoms with E-state index in [0.717, 1.165) is 12.8 Å². The van der Waals surface area contributed by atoms with E-state index in [-0.39, 0.29) is 5.60 Å². The molecule has 3 heteroatoms. The summed E-state index contributed by atoms with van der Waals surface area (Å²) in [6.45, 7) is 4.34. The maximum atomic E-state index is 9.37. The van der Waals surface area contributed by atoms with Gasteiger partial charge in [0, 0.05) is 0 Å². The molecule has 0 aliphatic heterocycles. The fourth-order valence-corrected chi connectivity index (χ4v) is 3.24. The summed E-state index contributed by atoms with van der Waals surface area (Å²) in [5.74, 6) is 0.655. The summed E-state index contributed by atoms with van der Waals surface area (Å²) in [6, 6.07) is 0. The second-order valence-electron chi connectivity index (χ2n) is 4.16. The number of alkyl halides is 1. The molecule has 0 saturated heterocycles. The second-order valence-corrected chi connectivity index (χ2v) is 5.23. The molecule has 0 bridgehead atoms. The zero-order valence-electron chi connectivity index (χ0n) is 9.13. The molecule has 1 N–H and O–H groups in total. The highest BCUT2D eigenvalue weighted by Crippen LogP contribution is 2.41. The normalized spacial score (nSPS) is 21.4. The smallest absolute Gasteiger partial charge is 0.208 e. The van der Waals surface area contributed by atoms with E-state index in [1.54, 1.807) is 0 Å². The van der Waals surface area contributed by atoms with Gasteiger partial charge in [-0.15, -0.1) is 0 Å². The fraction of sp³-hybridized carbons (Fsp3) is 1.00. The van der Waals surface area contributed by atoms with E-state index in [2.05, 4.69) is 13.8 Å². The van der Waals surface area contributed by atoms with E-state index in [0.29, 0.717) is 5.92 Å². The van der Waals surface area contributed by atoms with Gasteiger partial charge in [0.25, 0.3) is 0 Å². The molecule has 1 atom stereocenters. The average Bonchev–Trinajstić information content (AvgIpc) is 2.67. The van der Waals surface area contributed by atoms with Crippen molar-refractivity contribution in [1.29, 1.82) is 0 Å². The quantitative estimate of drug-likeness (QED) is 0.478. The van der Waals surface area contributed by atoms with Crippen LogP contribution in [0.1, 0.15) is 52.4 Å². The minimum absolute atomic E-state index is 0.0723. The minimum atomic E-state index is -0.659. The molecule has 1 fully saturated rings. The van der Waals surface area contributed by atoms with E-state index in [9.17, 15) is 5.11 Å². The van der Waals surface area contributed by atoms with Crippen molar-refractivity contribution in [3.63, 3.8) is 0 Å². The third-order valence-electron chi connectivity index (χ3n) is 3.63. The van der Waals surface area contributed by atoms with Gasteiger partial charge in [0.1, 0.15) is 0 Å². The molecular formula is C11H21IO2. The van der Waals surface area contributed by atoms with Crippen LogP contribution < -0.4 is 0 Å². The predicted molar refractivity (Wildman–Crippen MR) is 66.4 cm³/mol. The maximum absolute atomic E-state index is 9.37. The Morgan fingerprint density at radius 1 is 1.36 bits per heavy atom. The molecular weight excluding hydrogens is 291 g/mol. The first-order chi connectivity index (χ1) is 6.64. The standard InChI is InChI=1S/C11H21IO2/c1-3-11(4-2,14-10(12)13)9-7-5-6-8-9/h9-10,13H,3-8H2,1-2H3/t10-/m0/s1. The van der Waals surface area contributed by atoms with Crippen molar-refractivity contribution >= 4 is 22.6 Å². The summed E-state index contributed by atoms with van der Waals surface area (Å²) in [5, 5.41) is 9.37. The van der Waals surface area contributed by atoms with Gasteiger partial charge in [-0.1, -0.05) is 26.7 Å². The third kappa shape index (κ3) is 2.83. The van der Waals surface area contributed by atoms with E-state index >= 15 is 0 Å². The summed E-state index contributed by atoms with van der Waals surface area (Å²) >= 11 is 1.93. The number of hydrogen-bond acceptors (Lipinski definition) is 2. The highest BCUT2D eigenvalue weighted by Gasteiger charge is 2.39. The van der Waals surface area contributed by atoms with Gasteiger partial charge in [-0.05, 0) is 54.2 Å². The number of aliphatic hydroxyl groups excluding tert-OH is 1. The summed E-state index contributed by atoms with van der Waals surface area (Å²) in [6.07, 6.45) is 7.21. The van der Waals surface area contributed by atoms with Crippen LogP contribution in [0.3, 0.4) is 0 Å². The van der Waals surface area contributed by atoms with Crippen molar-refractivity contribution in [3.8, 4) is 0 Å². The van der Waals surface area contributed by atoms with Gasteiger partial charge in [0.05, 0.1) is 5.60 Å². The van der Waals surface area contributed by atoms with Crippen LogP contribution in [0.15, 0.2) is 0 Å². The van der Waals surface area contributed by atoms with Crippen LogP contribution in [0.5, 0.6) is 0 Å². The van der Waals surface area contributed by atoms with E-state index in [1.807, 2.05) is 22.6 Å². The van der Waals surface area contributed by atoms with Crippen LogP contribution in [0.4, 0.5) is 0 Å². The summed E-state index contributed by atoms with van der Waals surface area (Å²) in [4.78, 5) is 0. The van der Waals surface area contributed by atoms with Crippen LogP contribution in [0, 0.1) is 5.92 Å². The molecule has 0 heterocycles. The molecule has 0 radical (unpaired) electrons. The molecule has 2 nitrogen and oxygen atoms in total. The van der Waals surface area contributed by atoms with Crippen molar-refractivity contribution in [2.75, 3.05) is 0 Å². The molecule has 0 spiro atoms. The van der Waals surface area contributed by atoms with E-state index in [1.165, 1.54) is 25.7 Å². The number of ether oxygens (including phenoxy) is 1. The highest BCUT2D eigenvalue weighted by molar-refractivity contribution is 14.1. The molecule has 0 amide bonds. The third-order valence-corrected chi connectivity index (χ3v) is 3.88. The first-order valence-electron chi connectivity index (χ1n) is 5.64. The van der Waals surface area contributed by atoms with Crippen LogP contribution in [0.2, 0.25) is 0 Å². The maximum Gasteiger partial charge on any atom is 0.208 e. The Bertz CT molecular complexity index is 161. The Labute approximate surface area is 101 Å².